The Balaban J connectivity index is 1.55. The van der Waals surface area contributed by atoms with Crippen LogP contribution in [0.3, 0.4) is 0 Å². The van der Waals surface area contributed by atoms with E-state index in [2.05, 4.69) is 16.0 Å². The molecule has 1 aliphatic heterocycles. The predicted octanol–water partition coefficient (Wildman–Crippen LogP) is -0.243. The lowest BCUT2D eigenvalue weighted by molar-refractivity contribution is -0.127. The molecule has 1 heterocycles. The summed E-state index contributed by atoms with van der Waals surface area (Å²) in [6, 6.07) is 9.27. The number of rotatable bonds is 8. The third-order valence-electron chi connectivity index (χ3n) is 3.65. The summed E-state index contributed by atoms with van der Waals surface area (Å²) in [5.74, 6) is -0.905. The molecule has 0 aromatic heterocycles. The normalized spacial score (nSPS) is 16.4. The summed E-state index contributed by atoms with van der Waals surface area (Å²) in [6.07, 6.45) is 2.25. The number of hydrogen-bond donors (Lipinski definition) is 3. The van der Waals surface area contributed by atoms with Crippen LogP contribution < -0.4 is 16.0 Å². The molecule has 1 aromatic rings. The summed E-state index contributed by atoms with van der Waals surface area (Å²) >= 11 is 0. The van der Waals surface area contributed by atoms with Crippen LogP contribution in [-0.4, -0.2) is 50.1 Å². The second-order valence-corrected chi connectivity index (χ2v) is 5.65. The van der Waals surface area contributed by atoms with Crippen LogP contribution in [-0.2, 0) is 25.5 Å². The van der Waals surface area contributed by atoms with Crippen molar-refractivity contribution in [1.29, 1.82) is 0 Å². The number of amides is 3. The second-order valence-electron chi connectivity index (χ2n) is 5.65. The van der Waals surface area contributed by atoms with Gasteiger partial charge in [-0.2, -0.15) is 0 Å². The average molecular weight is 333 g/mol. The fourth-order valence-corrected chi connectivity index (χ4v) is 2.36. The van der Waals surface area contributed by atoms with Crippen molar-refractivity contribution in [3.05, 3.63) is 35.9 Å². The lowest BCUT2D eigenvalue weighted by Crippen LogP contribution is -2.43. The highest BCUT2D eigenvalue weighted by Gasteiger charge is 2.16. The Morgan fingerprint density at radius 2 is 1.62 bits per heavy atom. The molecule has 1 aliphatic rings. The van der Waals surface area contributed by atoms with Crippen molar-refractivity contribution >= 4 is 17.7 Å². The van der Waals surface area contributed by atoms with Gasteiger partial charge >= 0.3 is 0 Å². The Hall–Kier alpha value is -2.41. The van der Waals surface area contributed by atoms with Gasteiger partial charge in [0.25, 0.3) is 0 Å². The number of benzene rings is 1. The lowest BCUT2D eigenvalue weighted by atomic mass is 10.1. The molecule has 0 unspecified atom stereocenters. The van der Waals surface area contributed by atoms with Crippen molar-refractivity contribution in [1.82, 2.24) is 16.0 Å². The van der Waals surface area contributed by atoms with E-state index in [0.29, 0.717) is 6.54 Å². The first kappa shape index (κ1) is 17.9. The Bertz CT molecular complexity index is 556. The number of carbonyl (C=O) groups is 3. The van der Waals surface area contributed by atoms with Crippen LogP contribution in [0.2, 0.25) is 0 Å². The molecule has 24 heavy (non-hydrogen) atoms. The van der Waals surface area contributed by atoms with Gasteiger partial charge in [-0.3, -0.25) is 14.4 Å². The van der Waals surface area contributed by atoms with E-state index in [4.69, 9.17) is 4.74 Å². The smallest absolute Gasteiger partial charge is 0.239 e. The van der Waals surface area contributed by atoms with E-state index in [1.54, 1.807) is 0 Å². The lowest BCUT2D eigenvalue weighted by Gasteiger charge is -2.11. The summed E-state index contributed by atoms with van der Waals surface area (Å²) in [4.78, 5) is 35.0. The quantitative estimate of drug-likeness (QED) is 0.611. The van der Waals surface area contributed by atoms with Crippen molar-refractivity contribution < 1.29 is 19.1 Å². The first-order valence-electron chi connectivity index (χ1n) is 8.09. The Morgan fingerprint density at radius 3 is 2.29 bits per heavy atom. The molecular formula is C17H23N3O4. The van der Waals surface area contributed by atoms with E-state index in [-0.39, 0.29) is 37.4 Å². The molecule has 0 saturated carbocycles. The molecule has 7 heteroatoms. The van der Waals surface area contributed by atoms with Crippen molar-refractivity contribution in [2.24, 2.45) is 0 Å². The maximum Gasteiger partial charge on any atom is 0.239 e. The number of carbonyl (C=O) groups excluding carboxylic acids is 3. The average Bonchev–Trinajstić information content (AvgIpc) is 3.10. The topological polar surface area (TPSA) is 96.5 Å². The first-order valence-corrected chi connectivity index (χ1v) is 8.09. The van der Waals surface area contributed by atoms with Crippen molar-refractivity contribution in [2.75, 3.05) is 26.2 Å². The van der Waals surface area contributed by atoms with Crippen LogP contribution in [0.4, 0.5) is 0 Å². The van der Waals surface area contributed by atoms with Gasteiger partial charge in [-0.15, -0.1) is 0 Å². The van der Waals surface area contributed by atoms with Crippen LogP contribution in [0, 0.1) is 0 Å². The zero-order valence-electron chi connectivity index (χ0n) is 13.5. The van der Waals surface area contributed by atoms with Gasteiger partial charge in [0.2, 0.25) is 17.7 Å². The molecule has 0 spiro atoms. The highest BCUT2D eigenvalue weighted by atomic mass is 16.5. The zero-order valence-corrected chi connectivity index (χ0v) is 13.5. The molecule has 0 radical (unpaired) electrons. The van der Waals surface area contributed by atoms with Gasteiger partial charge in [-0.25, -0.2) is 0 Å². The van der Waals surface area contributed by atoms with Crippen LogP contribution >= 0.6 is 0 Å². The molecule has 0 bridgehead atoms. The summed E-state index contributed by atoms with van der Waals surface area (Å²) in [7, 11) is 0. The molecule has 1 atom stereocenters. The van der Waals surface area contributed by atoms with Crippen LogP contribution in [0.1, 0.15) is 18.4 Å². The van der Waals surface area contributed by atoms with E-state index in [0.717, 1.165) is 25.0 Å². The number of nitrogens with one attached hydrogen (secondary N) is 3. The van der Waals surface area contributed by atoms with E-state index < -0.39 is 5.91 Å². The Labute approximate surface area is 141 Å². The third-order valence-corrected chi connectivity index (χ3v) is 3.65. The van der Waals surface area contributed by atoms with Crippen molar-refractivity contribution in [3.8, 4) is 0 Å². The number of ether oxygens (including phenoxy) is 1. The third kappa shape index (κ3) is 6.78. The molecule has 1 aromatic carbocycles. The van der Waals surface area contributed by atoms with Gasteiger partial charge in [0, 0.05) is 13.2 Å². The molecule has 1 fully saturated rings. The molecule has 7 nitrogen and oxygen atoms in total. The fourth-order valence-electron chi connectivity index (χ4n) is 2.36. The molecule has 1 saturated heterocycles. The fraction of sp³-hybridized carbons (Fsp3) is 0.471. The summed E-state index contributed by atoms with van der Waals surface area (Å²) in [6.45, 7) is 0.938. The van der Waals surface area contributed by atoms with Gasteiger partial charge in [-0.05, 0) is 18.4 Å². The second kappa shape index (κ2) is 9.67. The van der Waals surface area contributed by atoms with E-state index in [9.17, 15) is 14.4 Å². The van der Waals surface area contributed by atoms with Gasteiger partial charge < -0.3 is 20.7 Å². The van der Waals surface area contributed by atoms with Gasteiger partial charge in [0.05, 0.1) is 25.6 Å². The molecule has 2 rings (SSSR count). The minimum atomic E-state index is -0.399. The van der Waals surface area contributed by atoms with E-state index in [1.807, 2.05) is 30.3 Å². The van der Waals surface area contributed by atoms with Gasteiger partial charge in [0.1, 0.15) is 0 Å². The first-order chi connectivity index (χ1) is 11.6. The maximum atomic E-state index is 11.7. The molecule has 0 aliphatic carbocycles. The van der Waals surface area contributed by atoms with Crippen LogP contribution in [0.5, 0.6) is 0 Å². The highest BCUT2D eigenvalue weighted by Crippen LogP contribution is 2.10. The van der Waals surface area contributed by atoms with E-state index >= 15 is 0 Å². The van der Waals surface area contributed by atoms with Crippen LogP contribution in [0.25, 0.3) is 0 Å². The minimum Gasteiger partial charge on any atom is -0.376 e. The molecule has 130 valence electrons. The summed E-state index contributed by atoms with van der Waals surface area (Å²) in [5, 5.41) is 7.71. The summed E-state index contributed by atoms with van der Waals surface area (Å²) < 4.78 is 5.39. The predicted molar refractivity (Wildman–Crippen MR) is 88.1 cm³/mol. The standard InChI is InChI=1S/C17H23N3O4/c21-15(9-13-5-2-1-3-6-13)19-11-17(23)20-12-16(22)18-10-14-7-4-8-24-14/h1-3,5-6,14H,4,7-12H2,(H,18,22)(H,19,21)(H,20,23)/t14-/m0/s1. The van der Waals surface area contributed by atoms with Gasteiger partial charge in [0.15, 0.2) is 0 Å². The largest absolute Gasteiger partial charge is 0.376 e. The van der Waals surface area contributed by atoms with E-state index in [1.165, 1.54) is 0 Å². The minimum absolute atomic E-state index is 0.0712. The zero-order chi connectivity index (χ0) is 17.2. The monoisotopic (exact) mass is 333 g/mol. The van der Waals surface area contributed by atoms with Crippen LogP contribution in [0.15, 0.2) is 30.3 Å². The number of hydrogen-bond acceptors (Lipinski definition) is 4. The van der Waals surface area contributed by atoms with Crippen molar-refractivity contribution in [3.63, 3.8) is 0 Å². The van der Waals surface area contributed by atoms with Crippen molar-refractivity contribution in [2.45, 2.75) is 25.4 Å². The summed E-state index contributed by atoms with van der Waals surface area (Å²) in [5.41, 5.74) is 0.879. The van der Waals surface area contributed by atoms with Gasteiger partial charge in [-0.1, -0.05) is 30.3 Å². The Morgan fingerprint density at radius 1 is 0.958 bits per heavy atom. The molecular weight excluding hydrogens is 310 g/mol. The molecule has 3 amide bonds. The molecule has 3 N–H and O–H groups in total. The maximum absolute atomic E-state index is 11.7. The highest BCUT2D eigenvalue weighted by molar-refractivity contribution is 5.88. The SMILES string of the molecule is O=C(CNC(=O)Cc1ccccc1)NCC(=O)NC[C@@H]1CCCO1. The Kier molecular flexibility index (Phi) is 7.22.